The molecule has 0 aliphatic carbocycles. The Hall–Kier alpha value is -2.12. The predicted molar refractivity (Wildman–Crippen MR) is 72.5 cm³/mol. The topological polar surface area (TPSA) is 55.1 Å². The average molecular weight is 312 g/mol. The number of aryl methyl sites for hydroxylation is 1. The van der Waals surface area contributed by atoms with E-state index in [0.29, 0.717) is 24.1 Å². The molecule has 0 radical (unpaired) electrons. The molecule has 1 atom stereocenters. The number of hydrogen-bond acceptors (Lipinski definition) is 5. The Morgan fingerprint density at radius 2 is 2.14 bits per heavy atom. The van der Waals surface area contributed by atoms with Gasteiger partial charge in [-0.15, -0.1) is 0 Å². The molecule has 5 nitrogen and oxygen atoms in total. The Bertz CT molecular complexity index is 638. The van der Waals surface area contributed by atoms with Gasteiger partial charge < -0.3 is 9.42 Å². The number of halogens is 3. The van der Waals surface area contributed by atoms with Gasteiger partial charge in [-0.25, -0.2) is 4.98 Å². The van der Waals surface area contributed by atoms with Crippen LogP contribution >= 0.6 is 0 Å². The Kier molecular flexibility index (Phi) is 3.76. The molecule has 1 saturated heterocycles. The molecule has 1 aliphatic rings. The van der Waals surface area contributed by atoms with Crippen molar-refractivity contribution in [2.75, 3.05) is 18.0 Å². The smallest absolute Gasteiger partial charge is 0.356 e. The van der Waals surface area contributed by atoms with Gasteiger partial charge in [-0.3, -0.25) is 0 Å². The predicted octanol–water partition coefficient (Wildman–Crippen LogP) is 3.18. The van der Waals surface area contributed by atoms with Crippen molar-refractivity contribution >= 4 is 5.82 Å². The second-order valence-electron chi connectivity index (χ2n) is 5.36. The molecule has 22 heavy (non-hydrogen) atoms. The molecule has 0 unspecified atom stereocenters. The number of pyridine rings is 1. The molecule has 0 spiro atoms. The van der Waals surface area contributed by atoms with Crippen molar-refractivity contribution in [1.29, 1.82) is 0 Å². The minimum atomic E-state index is -4.36. The van der Waals surface area contributed by atoms with Gasteiger partial charge in [0.05, 0.1) is 5.56 Å². The first kappa shape index (κ1) is 14.8. The summed E-state index contributed by atoms with van der Waals surface area (Å²) < 4.78 is 42.7. The third kappa shape index (κ3) is 3.05. The molecule has 0 saturated carbocycles. The molecule has 118 valence electrons. The summed E-state index contributed by atoms with van der Waals surface area (Å²) in [7, 11) is 0. The highest BCUT2D eigenvalue weighted by Gasteiger charge is 2.31. The summed E-state index contributed by atoms with van der Waals surface area (Å²) in [6.45, 7) is 3.11. The highest BCUT2D eigenvalue weighted by molar-refractivity contribution is 5.41. The molecule has 2 aromatic rings. The van der Waals surface area contributed by atoms with E-state index in [4.69, 9.17) is 4.52 Å². The number of piperidine rings is 1. The lowest BCUT2D eigenvalue weighted by Crippen LogP contribution is -2.35. The van der Waals surface area contributed by atoms with Crippen molar-refractivity contribution in [3.8, 4) is 0 Å². The second-order valence-corrected chi connectivity index (χ2v) is 5.36. The van der Waals surface area contributed by atoms with Crippen LogP contribution in [-0.4, -0.2) is 28.2 Å². The molecule has 0 bridgehead atoms. The summed E-state index contributed by atoms with van der Waals surface area (Å²) >= 11 is 0. The SMILES string of the molecule is Cc1nc([C@H]2CCCN(c3ccc(C(F)(F)F)cn3)C2)no1. The molecular formula is C14H15F3N4O. The van der Waals surface area contributed by atoms with E-state index in [-0.39, 0.29) is 5.92 Å². The average Bonchev–Trinajstić information content (AvgIpc) is 2.93. The van der Waals surface area contributed by atoms with Gasteiger partial charge in [-0.2, -0.15) is 18.2 Å². The van der Waals surface area contributed by atoms with E-state index < -0.39 is 11.7 Å². The Labute approximate surface area is 125 Å². The van der Waals surface area contributed by atoms with Crippen LogP contribution in [-0.2, 0) is 6.18 Å². The van der Waals surface area contributed by atoms with Crippen LogP contribution < -0.4 is 4.90 Å². The monoisotopic (exact) mass is 312 g/mol. The van der Waals surface area contributed by atoms with Gasteiger partial charge in [0, 0.05) is 32.1 Å². The molecule has 0 aromatic carbocycles. The van der Waals surface area contributed by atoms with Crippen molar-refractivity contribution in [3.63, 3.8) is 0 Å². The fraction of sp³-hybridized carbons (Fsp3) is 0.500. The minimum absolute atomic E-state index is 0.107. The maximum absolute atomic E-state index is 12.6. The molecule has 0 amide bonds. The third-order valence-electron chi connectivity index (χ3n) is 3.73. The minimum Gasteiger partial charge on any atom is -0.356 e. The normalized spacial score (nSPS) is 19.5. The van der Waals surface area contributed by atoms with Crippen molar-refractivity contribution in [3.05, 3.63) is 35.6 Å². The molecular weight excluding hydrogens is 297 g/mol. The summed E-state index contributed by atoms with van der Waals surface area (Å²) in [5.74, 6) is 1.81. The molecule has 2 aromatic heterocycles. The number of rotatable bonds is 2. The van der Waals surface area contributed by atoms with E-state index in [1.807, 2.05) is 4.90 Å². The number of hydrogen-bond donors (Lipinski definition) is 0. The van der Waals surface area contributed by atoms with E-state index >= 15 is 0 Å². The molecule has 3 heterocycles. The first-order chi connectivity index (χ1) is 10.4. The van der Waals surface area contributed by atoms with Crippen LogP contribution in [0.1, 0.15) is 36.0 Å². The summed E-state index contributed by atoms with van der Waals surface area (Å²) in [6.07, 6.45) is -1.66. The molecule has 0 N–H and O–H groups in total. The lowest BCUT2D eigenvalue weighted by molar-refractivity contribution is -0.137. The quantitative estimate of drug-likeness (QED) is 0.852. The highest BCUT2D eigenvalue weighted by Crippen LogP contribution is 2.31. The van der Waals surface area contributed by atoms with Crippen LogP contribution in [0.15, 0.2) is 22.9 Å². The Morgan fingerprint density at radius 1 is 1.32 bits per heavy atom. The number of aromatic nitrogens is 3. The lowest BCUT2D eigenvalue weighted by Gasteiger charge is -2.32. The summed E-state index contributed by atoms with van der Waals surface area (Å²) in [5.41, 5.74) is -0.737. The van der Waals surface area contributed by atoms with Crippen LogP contribution in [0, 0.1) is 6.92 Å². The highest BCUT2D eigenvalue weighted by atomic mass is 19.4. The fourth-order valence-corrected chi connectivity index (χ4v) is 2.62. The van der Waals surface area contributed by atoms with E-state index in [1.165, 1.54) is 6.07 Å². The number of nitrogens with zero attached hydrogens (tertiary/aromatic N) is 4. The first-order valence-corrected chi connectivity index (χ1v) is 7.02. The van der Waals surface area contributed by atoms with Crippen LogP contribution in [0.25, 0.3) is 0 Å². The number of anilines is 1. The van der Waals surface area contributed by atoms with E-state index in [2.05, 4.69) is 15.1 Å². The summed E-state index contributed by atoms with van der Waals surface area (Å²) in [6, 6.07) is 2.47. The van der Waals surface area contributed by atoms with E-state index in [0.717, 1.165) is 31.6 Å². The maximum atomic E-state index is 12.6. The largest absolute Gasteiger partial charge is 0.417 e. The van der Waals surface area contributed by atoms with Gasteiger partial charge in [0.1, 0.15) is 5.82 Å². The van der Waals surface area contributed by atoms with E-state index in [1.54, 1.807) is 6.92 Å². The first-order valence-electron chi connectivity index (χ1n) is 7.02. The van der Waals surface area contributed by atoms with Gasteiger partial charge in [0.2, 0.25) is 5.89 Å². The van der Waals surface area contributed by atoms with Crippen molar-refractivity contribution < 1.29 is 17.7 Å². The van der Waals surface area contributed by atoms with E-state index in [9.17, 15) is 13.2 Å². The number of alkyl halides is 3. The fourth-order valence-electron chi connectivity index (χ4n) is 2.62. The van der Waals surface area contributed by atoms with Crippen molar-refractivity contribution in [2.45, 2.75) is 31.9 Å². The van der Waals surface area contributed by atoms with Gasteiger partial charge >= 0.3 is 6.18 Å². The van der Waals surface area contributed by atoms with Gasteiger partial charge in [-0.05, 0) is 25.0 Å². The molecule has 1 aliphatic heterocycles. The van der Waals surface area contributed by atoms with Crippen LogP contribution in [0.5, 0.6) is 0 Å². The maximum Gasteiger partial charge on any atom is 0.417 e. The lowest BCUT2D eigenvalue weighted by atomic mass is 9.97. The standard InChI is InChI=1S/C14H15F3N4O/c1-9-19-13(20-22-9)10-3-2-6-21(8-10)12-5-4-11(7-18-12)14(15,16)17/h4-5,7,10H,2-3,6,8H2,1H3/t10-/m0/s1. The zero-order chi connectivity index (χ0) is 15.7. The summed E-state index contributed by atoms with van der Waals surface area (Å²) in [5, 5.41) is 3.93. The second kappa shape index (κ2) is 5.58. The van der Waals surface area contributed by atoms with Crippen molar-refractivity contribution in [2.24, 2.45) is 0 Å². The van der Waals surface area contributed by atoms with Gasteiger partial charge in [0.15, 0.2) is 5.82 Å². The van der Waals surface area contributed by atoms with Crippen LogP contribution in [0.3, 0.4) is 0 Å². The Balaban J connectivity index is 1.74. The molecule has 8 heteroatoms. The third-order valence-corrected chi connectivity index (χ3v) is 3.73. The molecule has 1 fully saturated rings. The Morgan fingerprint density at radius 3 is 2.73 bits per heavy atom. The van der Waals surface area contributed by atoms with Crippen molar-refractivity contribution in [1.82, 2.24) is 15.1 Å². The summed E-state index contributed by atoms with van der Waals surface area (Å²) in [4.78, 5) is 10.1. The zero-order valence-electron chi connectivity index (χ0n) is 12.0. The zero-order valence-corrected chi connectivity index (χ0v) is 12.0. The van der Waals surface area contributed by atoms with Gasteiger partial charge in [-0.1, -0.05) is 5.16 Å². The van der Waals surface area contributed by atoms with Crippen LogP contribution in [0.2, 0.25) is 0 Å². The van der Waals surface area contributed by atoms with Crippen LogP contribution in [0.4, 0.5) is 19.0 Å². The van der Waals surface area contributed by atoms with Gasteiger partial charge in [0.25, 0.3) is 0 Å². The molecule has 3 rings (SSSR count).